The highest BCUT2D eigenvalue weighted by atomic mass is 32.2. The summed E-state index contributed by atoms with van der Waals surface area (Å²) in [5, 5.41) is 7.97. The maximum Gasteiger partial charge on any atom is 0.124 e. The van der Waals surface area contributed by atoms with Crippen LogP contribution in [0.1, 0.15) is 25.1 Å². The molecule has 0 saturated heterocycles. The fourth-order valence-corrected chi connectivity index (χ4v) is 2.87. The number of nitrogens with zero attached hydrogens (tertiary/aromatic N) is 3. The lowest BCUT2D eigenvalue weighted by atomic mass is 10.2. The average molecular weight is 295 g/mol. The van der Waals surface area contributed by atoms with Crippen molar-refractivity contribution in [2.24, 2.45) is 5.84 Å². The molecule has 1 aromatic carbocycles. The summed E-state index contributed by atoms with van der Waals surface area (Å²) >= 11 is 1.54. The Balaban J connectivity index is 2.03. The van der Waals surface area contributed by atoms with Gasteiger partial charge in [0.25, 0.3) is 0 Å². The number of benzene rings is 1. The first-order valence-electron chi connectivity index (χ1n) is 6.47. The van der Waals surface area contributed by atoms with E-state index in [-0.39, 0.29) is 11.9 Å². The fourth-order valence-electron chi connectivity index (χ4n) is 1.88. The van der Waals surface area contributed by atoms with Gasteiger partial charge in [0.2, 0.25) is 0 Å². The van der Waals surface area contributed by atoms with Crippen molar-refractivity contribution >= 4 is 11.8 Å². The van der Waals surface area contributed by atoms with E-state index in [0.717, 1.165) is 23.6 Å². The molecule has 0 fully saturated rings. The van der Waals surface area contributed by atoms with Crippen LogP contribution in [-0.4, -0.2) is 20.7 Å². The number of aromatic nitrogens is 3. The van der Waals surface area contributed by atoms with Gasteiger partial charge in [0.05, 0.1) is 17.9 Å². The highest BCUT2D eigenvalue weighted by Gasteiger charge is 2.16. The van der Waals surface area contributed by atoms with Crippen molar-refractivity contribution in [3.63, 3.8) is 0 Å². The molecule has 3 N–H and O–H groups in total. The zero-order valence-corrected chi connectivity index (χ0v) is 12.1. The highest BCUT2D eigenvalue weighted by Crippen LogP contribution is 2.24. The van der Waals surface area contributed by atoms with Gasteiger partial charge in [-0.2, -0.15) is 0 Å². The molecule has 0 spiro atoms. The quantitative estimate of drug-likeness (QED) is 0.465. The highest BCUT2D eigenvalue weighted by molar-refractivity contribution is 7.99. The second-order valence-electron chi connectivity index (χ2n) is 4.37. The second-order valence-corrected chi connectivity index (χ2v) is 5.46. The van der Waals surface area contributed by atoms with Gasteiger partial charge in [0.1, 0.15) is 5.82 Å². The van der Waals surface area contributed by atoms with Crippen LogP contribution < -0.4 is 11.3 Å². The Morgan fingerprint density at radius 1 is 1.50 bits per heavy atom. The van der Waals surface area contributed by atoms with E-state index in [9.17, 15) is 4.39 Å². The van der Waals surface area contributed by atoms with E-state index in [2.05, 4.69) is 22.7 Å². The zero-order valence-electron chi connectivity index (χ0n) is 11.3. The van der Waals surface area contributed by atoms with Gasteiger partial charge in [-0.05, 0) is 24.6 Å². The van der Waals surface area contributed by atoms with Crippen LogP contribution in [0, 0.1) is 5.82 Å². The van der Waals surface area contributed by atoms with Crippen molar-refractivity contribution in [3.8, 4) is 0 Å². The maximum atomic E-state index is 13.1. The van der Waals surface area contributed by atoms with E-state index in [1.54, 1.807) is 24.0 Å². The molecular formula is C13H18FN5S. The van der Waals surface area contributed by atoms with Crippen molar-refractivity contribution in [2.45, 2.75) is 30.8 Å². The summed E-state index contributed by atoms with van der Waals surface area (Å²) < 4.78 is 15.0. The summed E-state index contributed by atoms with van der Waals surface area (Å²) in [4.78, 5) is 0.875. The van der Waals surface area contributed by atoms with Crippen LogP contribution in [0.4, 0.5) is 4.39 Å². The minimum absolute atomic E-state index is 0.0789. The van der Waals surface area contributed by atoms with E-state index in [0.29, 0.717) is 5.75 Å². The molecule has 1 heterocycles. The maximum absolute atomic E-state index is 13.1. The van der Waals surface area contributed by atoms with Gasteiger partial charge in [-0.15, -0.1) is 16.9 Å². The zero-order chi connectivity index (χ0) is 14.4. The third-order valence-electron chi connectivity index (χ3n) is 2.85. The Kier molecular flexibility index (Phi) is 5.51. The number of rotatable bonds is 7. The lowest BCUT2D eigenvalue weighted by molar-refractivity contribution is 0.501. The smallest absolute Gasteiger partial charge is 0.124 e. The first kappa shape index (κ1) is 15.0. The molecule has 108 valence electrons. The Labute approximate surface area is 121 Å². The van der Waals surface area contributed by atoms with Crippen LogP contribution in [0.3, 0.4) is 0 Å². The molecule has 7 heteroatoms. The SMILES string of the molecule is CCCn1nncc1C(CSc1cccc(F)c1)NN. The molecule has 0 aliphatic rings. The minimum atomic E-state index is -0.232. The number of aryl methyl sites for hydroxylation is 1. The van der Waals surface area contributed by atoms with Crippen molar-refractivity contribution in [2.75, 3.05) is 5.75 Å². The summed E-state index contributed by atoms with van der Waals surface area (Å²) in [6.45, 7) is 2.88. The molecule has 0 aliphatic carbocycles. The Bertz CT molecular complexity index is 545. The summed E-state index contributed by atoms with van der Waals surface area (Å²) in [6.07, 6.45) is 2.69. The van der Waals surface area contributed by atoms with Gasteiger partial charge in [-0.3, -0.25) is 11.3 Å². The normalized spacial score (nSPS) is 12.6. The Morgan fingerprint density at radius 2 is 2.35 bits per heavy atom. The van der Waals surface area contributed by atoms with Gasteiger partial charge in [0.15, 0.2) is 0 Å². The first-order chi connectivity index (χ1) is 9.74. The molecule has 1 unspecified atom stereocenters. The molecular weight excluding hydrogens is 277 g/mol. The van der Waals surface area contributed by atoms with Crippen LogP contribution in [0.25, 0.3) is 0 Å². The third-order valence-corrected chi connectivity index (χ3v) is 3.94. The van der Waals surface area contributed by atoms with E-state index >= 15 is 0 Å². The second kappa shape index (κ2) is 7.37. The predicted molar refractivity (Wildman–Crippen MR) is 77.5 cm³/mol. The molecule has 0 saturated carbocycles. The largest absolute Gasteiger partial charge is 0.271 e. The van der Waals surface area contributed by atoms with Gasteiger partial charge < -0.3 is 0 Å². The molecule has 1 atom stereocenters. The molecule has 0 amide bonds. The van der Waals surface area contributed by atoms with Gasteiger partial charge in [-0.25, -0.2) is 9.07 Å². The summed E-state index contributed by atoms with van der Waals surface area (Å²) in [7, 11) is 0. The number of hydrazine groups is 1. The van der Waals surface area contributed by atoms with Gasteiger partial charge in [-0.1, -0.05) is 18.2 Å². The average Bonchev–Trinajstić information content (AvgIpc) is 2.89. The molecule has 5 nitrogen and oxygen atoms in total. The molecule has 20 heavy (non-hydrogen) atoms. The number of halogens is 1. The lowest BCUT2D eigenvalue weighted by Crippen LogP contribution is -2.31. The predicted octanol–water partition coefficient (Wildman–Crippen LogP) is 2.12. The van der Waals surface area contributed by atoms with Crippen molar-refractivity contribution in [3.05, 3.63) is 42.0 Å². The van der Waals surface area contributed by atoms with E-state index in [4.69, 9.17) is 5.84 Å². The van der Waals surface area contributed by atoms with E-state index < -0.39 is 0 Å². The third kappa shape index (κ3) is 3.78. The molecule has 0 aliphatic heterocycles. The van der Waals surface area contributed by atoms with Gasteiger partial charge >= 0.3 is 0 Å². The van der Waals surface area contributed by atoms with Crippen molar-refractivity contribution < 1.29 is 4.39 Å². The number of hydrogen-bond donors (Lipinski definition) is 2. The summed E-state index contributed by atoms with van der Waals surface area (Å²) in [5.41, 5.74) is 3.72. The Morgan fingerprint density at radius 3 is 3.05 bits per heavy atom. The number of nitrogens with one attached hydrogen (secondary N) is 1. The molecule has 1 aromatic heterocycles. The molecule has 2 rings (SSSR count). The first-order valence-corrected chi connectivity index (χ1v) is 7.46. The topological polar surface area (TPSA) is 68.8 Å². The number of hydrogen-bond acceptors (Lipinski definition) is 5. The lowest BCUT2D eigenvalue weighted by Gasteiger charge is -2.16. The van der Waals surface area contributed by atoms with Crippen LogP contribution >= 0.6 is 11.8 Å². The number of thioether (sulfide) groups is 1. The number of nitrogens with two attached hydrogens (primary N) is 1. The van der Waals surface area contributed by atoms with Crippen LogP contribution in [0.2, 0.25) is 0 Å². The van der Waals surface area contributed by atoms with Crippen LogP contribution in [0.5, 0.6) is 0 Å². The monoisotopic (exact) mass is 295 g/mol. The summed E-state index contributed by atoms with van der Waals surface area (Å²) in [6, 6.07) is 6.45. The van der Waals surface area contributed by atoms with Crippen molar-refractivity contribution in [1.82, 2.24) is 20.4 Å². The fraction of sp³-hybridized carbons (Fsp3) is 0.385. The van der Waals surface area contributed by atoms with Gasteiger partial charge in [0, 0.05) is 17.2 Å². The standard InChI is InChI=1S/C13H18FN5S/c1-2-6-19-13(8-16-18-19)12(17-15)9-20-11-5-3-4-10(14)7-11/h3-5,7-8,12,17H,2,6,9,15H2,1H3. The molecule has 0 radical (unpaired) electrons. The van der Waals surface area contributed by atoms with Crippen LogP contribution in [0.15, 0.2) is 35.4 Å². The van der Waals surface area contributed by atoms with Crippen molar-refractivity contribution in [1.29, 1.82) is 0 Å². The van der Waals surface area contributed by atoms with Crippen LogP contribution in [-0.2, 0) is 6.54 Å². The Hall–Kier alpha value is -1.44. The summed E-state index contributed by atoms with van der Waals surface area (Å²) in [5.74, 6) is 6.06. The van der Waals surface area contributed by atoms with E-state index in [1.807, 2.05) is 10.7 Å². The van der Waals surface area contributed by atoms with E-state index in [1.165, 1.54) is 12.1 Å². The minimum Gasteiger partial charge on any atom is -0.271 e. The molecule has 2 aromatic rings. The molecule has 0 bridgehead atoms.